The van der Waals surface area contributed by atoms with Gasteiger partial charge < -0.3 is 20.4 Å². The normalized spacial score (nSPS) is 14.4. The zero-order valence-corrected chi connectivity index (χ0v) is 75.4. The van der Waals surface area contributed by atoms with Crippen LogP contribution in [-0.2, 0) is 18.7 Å². The van der Waals surface area contributed by atoms with E-state index in [1.807, 2.05) is 13.8 Å². The third-order valence-corrected chi connectivity index (χ3v) is 118. The zero-order valence-electron chi connectivity index (χ0n) is 63.5. The molecule has 1 aliphatic heterocycles. The summed E-state index contributed by atoms with van der Waals surface area (Å²) in [5.74, 6) is 0. The van der Waals surface area contributed by atoms with Gasteiger partial charge in [0.25, 0.3) is 0 Å². The minimum absolute atomic E-state index is 0. The molecule has 5 nitrogen and oxygen atoms in total. The Morgan fingerprint density at radius 3 is 0.915 bits per heavy atom. The predicted octanol–water partition coefficient (Wildman–Crippen LogP) is 22.9. The van der Waals surface area contributed by atoms with Crippen molar-refractivity contribution in [1.29, 1.82) is 0 Å². The van der Waals surface area contributed by atoms with Crippen molar-refractivity contribution in [3.63, 3.8) is 0 Å². The summed E-state index contributed by atoms with van der Waals surface area (Å²) >= 11 is 6.01. The van der Waals surface area contributed by atoms with Crippen molar-refractivity contribution in [2.75, 3.05) is 32.8 Å². The Bertz CT molecular complexity index is 1610. The van der Waals surface area contributed by atoms with Crippen LogP contribution in [0.1, 0.15) is 226 Å². The number of hydrogen-bond donors (Lipinski definition) is 0. The van der Waals surface area contributed by atoms with E-state index in [1.54, 1.807) is 20.8 Å². The van der Waals surface area contributed by atoms with E-state index >= 15 is 0 Å². The third kappa shape index (κ3) is 37.1. The molecule has 1 unspecified atom stereocenters. The molecule has 1 heterocycles. The predicted molar refractivity (Wildman–Crippen MR) is 403 cm³/mol. The number of rotatable bonds is 15. The second-order valence-corrected chi connectivity index (χ2v) is 97.7. The molecule has 502 valence electrons. The number of ether oxygens (including phenoxy) is 1. The van der Waals surface area contributed by atoms with E-state index in [0.29, 0.717) is 25.7 Å². The average Bonchev–Trinajstić information content (AvgIpc) is 3.82. The van der Waals surface area contributed by atoms with Crippen LogP contribution in [0.2, 0.25) is 126 Å². The molecule has 21 heteroatoms. The van der Waals surface area contributed by atoms with Gasteiger partial charge in [0.1, 0.15) is 0 Å². The molecule has 1 aliphatic rings. The summed E-state index contributed by atoms with van der Waals surface area (Å²) in [6.07, 6.45) is 4.83. The number of nitrogens with zero attached hydrogens (tertiary/aromatic N) is 1. The van der Waals surface area contributed by atoms with Crippen LogP contribution in [-0.4, -0.2) is 106 Å². The monoisotopic (exact) mass is 1380 g/mol. The molecule has 0 N–H and O–H groups in total. The molecule has 0 bridgehead atoms. The van der Waals surface area contributed by atoms with Crippen LogP contribution < -0.4 is 18.9 Å². The summed E-state index contributed by atoms with van der Waals surface area (Å²) in [4.78, 5) is 2.38. The van der Waals surface area contributed by atoms with Crippen molar-refractivity contribution in [3.8, 4) is 0 Å². The largest absolute Gasteiger partial charge is 1.00 e. The standard InChI is InChI=1S/C21H51PSi3.C12H31PSi2.C7H15F3O3SSi.C6H15N.C5H13ClSi.C4H8O.C4H9.C2H6.Li.H3P/c1-17(2)25(18(3)4,19(5)6)22(23(13,14)20(7,8)9)24(15,16)21(10,11)12;1-11(2,3)14(7,8)13-15(9,10)12(4,5)6;1-6(2,3)15(4,5)13-14(11,12)7(8,9)10;1-4-7(5-2)6-3;1-5(2)7(3,4)6;1-2-4-5-3-1;1-3-4-2;1-2;;/h17-19H,1-16H3;13H,1-10H3;1-5H3;4-6H2,1-3H3;5H,1-4H3;1-4H2;1,3-4H2,2H3;1-2H3;;1H3/q;;;;;;-1;;+1;. The summed E-state index contributed by atoms with van der Waals surface area (Å²) < 4.78 is 67.1. The van der Waals surface area contributed by atoms with Gasteiger partial charge in [0, 0.05) is 13.2 Å². The fourth-order valence-electron chi connectivity index (χ4n) is 7.90. The number of alkyl halides is 3. The Kier molecular flexibility index (Phi) is 54.0. The van der Waals surface area contributed by atoms with Crippen LogP contribution in [0, 0.1) is 6.92 Å². The van der Waals surface area contributed by atoms with Gasteiger partial charge in [0.15, 0.2) is 7.38 Å². The Hall–Kier alpha value is 3.32. The van der Waals surface area contributed by atoms with E-state index < -0.39 is 75.1 Å². The molecule has 82 heavy (non-hydrogen) atoms. The smallest absolute Gasteiger partial charge is 0.381 e. The van der Waals surface area contributed by atoms with Crippen LogP contribution in [0.5, 0.6) is 0 Å². The van der Waals surface area contributed by atoms with E-state index in [2.05, 4.69) is 247 Å². The van der Waals surface area contributed by atoms with Gasteiger partial charge in [-0.3, -0.25) is 0 Å². The van der Waals surface area contributed by atoms with Crippen molar-refractivity contribution in [3.05, 3.63) is 6.92 Å². The molecule has 0 amide bonds. The summed E-state index contributed by atoms with van der Waals surface area (Å²) in [6.45, 7) is 106. The number of unbranched alkanes of at least 4 members (excludes halogenated alkanes) is 1. The van der Waals surface area contributed by atoms with Crippen LogP contribution in [0.25, 0.3) is 0 Å². The minimum atomic E-state index is -5.48. The van der Waals surface area contributed by atoms with Gasteiger partial charge in [-0.2, -0.15) is 49.0 Å². The Balaban J connectivity index is -0.000000116. The topological polar surface area (TPSA) is 55.8 Å². The van der Waals surface area contributed by atoms with Crippen LogP contribution in [0.4, 0.5) is 13.2 Å². The molecule has 1 atom stereocenters. The summed E-state index contributed by atoms with van der Waals surface area (Å²) in [6, 6.07) is 0. The molecule has 0 saturated carbocycles. The van der Waals surface area contributed by atoms with Crippen molar-refractivity contribution in [2.45, 2.75) is 358 Å². The van der Waals surface area contributed by atoms with E-state index in [-0.39, 0.29) is 35.3 Å². The maximum absolute atomic E-state index is 12.1. The van der Waals surface area contributed by atoms with Crippen molar-refractivity contribution >= 4 is 99.7 Å². The van der Waals surface area contributed by atoms with Gasteiger partial charge in [-0.1, -0.05) is 273 Å². The van der Waals surface area contributed by atoms with Crippen LogP contribution in [0.15, 0.2) is 0 Å². The minimum Gasteiger partial charge on any atom is -0.381 e. The van der Waals surface area contributed by atoms with E-state index in [1.165, 1.54) is 59.7 Å². The Morgan fingerprint density at radius 1 is 0.561 bits per heavy atom. The first-order valence-corrected chi connectivity index (χ1v) is 60.7. The van der Waals surface area contributed by atoms with Gasteiger partial charge in [-0.15, -0.1) is 14.2 Å². The molecule has 0 aliphatic carbocycles. The zero-order chi connectivity index (χ0) is 66.9. The third-order valence-electron chi connectivity index (χ3n) is 18.6. The number of halogens is 4. The molecule has 0 aromatic rings. The second kappa shape index (κ2) is 42.5. The van der Waals surface area contributed by atoms with Crippen LogP contribution in [0.3, 0.4) is 0 Å². The first kappa shape index (κ1) is 104. The summed E-state index contributed by atoms with van der Waals surface area (Å²) in [7, 11) is -14.8. The summed E-state index contributed by atoms with van der Waals surface area (Å²) in [5, 5.41) is 1.50. The SMILES string of the molecule is C1CCOC1.CC.CC(C)(C)[Si](C)(C)OS(=O)(=O)C(F)(F)F.CC(C)(C)[Si](C)(C)P[Si](C)(C)C(C)(C)C.CC(C)[Si](C(C)C)(C(C)C)P([Si](C)(C)C(C)(C)C)[Si](C)(C)C(C)(C)C.CC(C)[Si](C)(C)Cl.CCN(CC)CC.P.[CH2-]CCC.[Li+]. The van der Waals surface area contributed by atoms with Crippen molar-refractivity contribution in [1.82, 2.24) is 4.90 Å². The van der Waals surface area contributed by atoms with Crippen molar-refractivity contribution < 1.29 is 49.1 Å². The Labute approximate surface area is 547 Å². The molecule has 0 aromatic carbocycles. The molecular weight excluding hydrogens is 1230 g/mol. The van der Waals surface area contributed by atoms with Gasteiger partial charge in [0.2, 0.25) is 8.32 Å². The molecule has 0 aromatic heterocycles. The van der Waals surface area contributed by atoms with Crippen molar-refractivity contribution in [2.24, 2.45) is 0 Å². The quantitative estimate of drug-likeness (QED) is 0.0538. The second-order valence-electron chi connectivity index (χ2n) is 31.4. The molecule has 1 fully saturated rings. The molecule has 0 radical (unpaired) electrons. The van der Waals surface area contributed by atoms with Gasteiger partial charge in [-0.05, 0) is 92.9 Å². The number of hydrogen-bond acceptors (Lipinski definition) is 5. The molecular formula is C61H151ClF3LiNO4P3SSi7. The summed E-state index contributed by atoms with van der Waals surface area (Å²) in [5.41, 5.74) is -1.97. The van der Waals surface area contributed by atoms with Gasteiger partial charge in [-0.25, -0.2) is 0 Å². The average molecular weight is 1380 g/mol. The fourth-order valence-corrected chi connectivity index (χ4v) is 126. The maximum Gasteiger partial charge on any atom is 1.00 e. The first-order chi connectivity index (χ1) is 34.8. The first-order valence-electron chi connectivity index (χ1n) is 31.2. The fraction of sp³-hybridized carbons (Fsp3) is 0.984. The molecule has 0 spiro atoms. The maximum atomic E-state index is 12.1. The van der Waals surface area contributed by atoms with Gasteiger partial charge >= 0.3 is 34.5 Å². The van der Waals surface area contributed by atoms with E-state index in [9.17, 15) is 21.6 Å². The molecule has 1 rings (SSSR count). The Morgan fingerprint density at radius 2 is 0.805 bits per heavy atom. The molecule has 1 saturated heterocycles. The van der Waals surface area contributed by atoms with E-state index in [4.69, 9.17) is 15.8 Å². The van der Waals surface area contributed by atoms with Crippen LogP contribution >= 0.6 is 35.2 Å². The van der Waals surface area contributed by atoms with Gasteiger partial charge in [0.05, 0.1) is 38.7 Å². The van der Waals surface area contributed by atoms with E-state index in [0.717, 1.165) is 36.3 Å².